The lowest BCUT2D eigenvalue weighted by Crippen LogP contribution is -2.53. The number of alkyl halides is 3. The molecule has 0 bridgehead atoms. The zero-order valence-corrected chi connectivity index (χ0v) is 12.9. The van der Waals surface area contributed by atoms with Crippen molar-refractivity contribution < 1.29 is 23.1 Å². The van der Waals surface area contributed by atoms with Crippen LogP contribution < -0.4 is 11.1 Å². The number of hydrogen-bond acceptors (Lipinski definition) is 4. The lowest BCUT2D eigenvalue weighted by molar-refractivity contribution is -0.264. The largest absolute Gasteiger partial charge is 0.423 e. The molecule has 124 valence electrons. The normalized spacial score (nSPS) is 15.9. The molecular weight excluding hydrogens is 317 g/mol. The maximum absolute atomic E-state index is 13.2. The van der Waals surface area contributed by atoms with Gasteiger partial charge in [0.2, 0.25) is 11.5 Å². The summed E-state index contributed by atoms with van der Waals surface area (Å²) in [6, 6.07) is 5.73. The molecule has 0 saturated heterocycles. The van der Waals surface area contributed by atoms with Crippen molar-refractivity contribution in [2.45, 2.75) is 24.2 Å². The first-order valence-electron chi connectivity index (χ1n) is 6.59. The van der Waals surface area contributed by atoms with Gasteiger partial charge in [0.05, 0.1) is 12.6 Å². The fraction of sp³-hybridized carbons (Fsp3) is 0.500. The van der Waals surface area contributed by atoms with Crippen LogP contribution >= 0.6 is 11.8 Å². The van der Waals surface area contributed by atoms with Crippen molar-refractivity contribution >= 4 is 17.7 Å². The highest BCUT2D eigenvalue weighted by Gasteiger charge is 2.55. The summed E-state index contributed by atoms with van der Waals surface area (Å²) >= 11 is 1.48. The first kappa shape index (κ1) is 18.8. The number of nitrogens with one attached hydrogen (secondary N) is 1. The molecule has 2 atom stereocenters. The number of aliphatic hydroxyl groups is 1. The van der Waals surface area contributed by atoms with Gasteiger partial charge in [0, 0.05) is 0 Å². The van der Waals surface area contributed by atoms with E-state index in [1.54, 1.807) is 0 Å². The highest BCUT2D eigenvalue weighted by atomic mass is 32.2. The molecule has 0 aromatic heterocycles. The molecule has 0 aliphatic rings. The summed E-state index contributed by atoms with van der Waals surface area (Å²) < 4.78 is 39.6. The number of benzene rings is 1. The molecule has 0 heterocycles. The first-order chi connectivity index (χ1) is 10.2. The minimum Gasteiger partial charge on any atom is -0.375 e. The summed E-state index contributed by atoms with van der Waals surface area (Å²) in [6.45, 7) is -0.980. The van der Waals surface area contributed by atoms with Crippen LogP contribution in [0.2, 0.25) is 0 Å². The zero-order valence-electron chi connectivity index (χ0n) is 12.1. The monoisotopic (exact) mass is 336 g/mol. The number of thioether (sulfide) groups is 1. The summed E-state index contributed by atoms with van der Waals surface area (Å²) in [5, 5.41) is 12.1. The van der Waals surface area contributed by atoms with Crippen molar-refractivity contribution in [1.82, 2.24) is 5.32 Å². The Labute approximate surface area is 131 Å². The van der Waals surface area contributed by atoms with E-state index in [2.05, 4.69) is 5.32 Å². The molecule has 0 saturated carbocycles. The second-order valence-corrected chi connectivity index (χ2v) is 5.82. The van der Waals surface area contributed by atoms with Crippen LogP contribution in [0, 0.1) is 0 Å². The summed E-state index contributed by atoms with van der Waals surface area (Å²) in [7, 11) is 0. The standard InChI is InChI=1S/C14H19F3N2O2S/c1-22-8-7-11(18)12(20)19-9-13(21,14(15,16)17)10-5-3-2-4-6-10/h2-6,11,21H,7-9,18H2,1H3,(H,19,20)/t11-,13?/m0/s1. The number of carbonyl (C=O) groups excluding carboxylic acids is 1. The smallest absolute Gasteiger partial charge is 0.375 e. The number of nitrogens with two attached hydrogens (primary N) is 1. The Bertz CT molecular complexity index is 485. The van der Waals surface area contributed by atoms with Crippen molar-refractivity contribution in [2.75, 3.05) is 18.6 Å². The summed E-state index contributed by atoms with van der Waals surface area (Å²) in [5.74, 6) is -0.0933. The average Bonchev–Trinajstić information content (AvgIpc) is 2.49. The van der Waals surface area contributed by atoms with E-state index in [-0.39, 0.29) is 5.56 Å². The van der Waals surface area contributed by atoms with Gasteiger partial charge in [-0.25, -0.2) is 0 Å². The topological polar surface area (TPSA) is 75.4 Å². The maximum Gasteiger partial charge on any atom is 0.423 e. The van der Waals surface area contributed by atoms with E-state index in [0.29, 0.717) is 12.2 Å². The van der Waals surface area contributed by atoms with Crippen LogP contribution in [0.1, 0.15) is 12.0 Å². The van der Waals surface area contributed by atoms with Gasteiger partial charge in [0.15, 0.2) is 0 Å². The molecule has 1 amide bonds. The molecular formula is C14H19F3N2O2S. The summed E-state index contributed by atoms with van der Waals surface area (Å²) in [5.41, 5.74) is 2.11. The Morgan fingerprint density at radius 3 is 2.45 bits per heavy atom. The van der Waals surface area contributed by atoms with Gasteiger partial charge < -0.3 is 16.2 Å². The number of hydrogen-bond donors (Lipinski definition) is 3. The molecule has 0 spiro atoms. The van der Waals surface area contributed by atoms with Crippen LogP contribution in [0.5, 0.6) is 0 Å². The molecule has 0 aliphatic carbocycles. The Balaban J connectivity index is 2.82. The van der Waals surface area contributed by atoms with Gasteiger partial charge in [-0.15, -0.1) is 0 Å². The van der Waals surface area contributed by atoms with E-state index in [4.69, 9.17) is 5.73 Å². The molecule has 8 heteroatoms. The third-order valence-corrected chi connectivity index (χ3v) is 3.85. The van der Waals surface area contributed by atoms with Gasteiger partial charge in [-0.1, -0.05) is 30.3 Å². The average molecular weight is 336 g/mol. The van der Waals surface area contributed by atoms with Gasteiger partial charge in [-0.2, -0.15) is 24.9 Å². The summed E-state index contributed by atoms with van der Waals surface area (Å²) in [4.78, 5) is 11.7. The second-order valence-electron chi connectivity index (χ2n) is 4.83. The van der Waals surface area contributed by atoms with E-state index in [1.165, 1.54) is 30.0 Å². The van der Waals surface area contributed by atoms with Gasteiger partial charge in [0.1, 0.15) is 0 Å². The molecule has 4 nitrogen and oxygen atoms in total. The van der Waals surface area contributed by atoms with E-state index in [9.17, 15) is 23.1 Å². The molecule has 0 fully saturated rings. The fourth-order valence-electron chi connectivity index (χ4n) is 1.80. The highest BCUT2D eigenvalue weighted by molar-refractivity contribution is 7.98. The number of carbonyl (C=O) groups is 1. The minimum absolute atomic E-state index is 0.333. The Hall–Kier alpha value is -1.25. The van der Waals surface area contributed by atoms with Crippen LogP contribution in [0.3, 0.4) is 0 Å². The molecule has 1 aromatic rings. The second kappa shape index (κ2) is 7.85. The SMILES string of the molecule is CSCC[C@H](N)C(=O)NCC(O)(c1ccccc1)C(F)(F)F. The van der Waals surface area contributed by atoms with Crippen LogP contribution in [0.15, 0.2) is 30.3 Å². The van der Waals surface area contributed by atoms with E-state index in [0.717, 1.165) is 12.1 Å². The Morgan fingerprint density at radius 1 is 1.36 bits per heavy atom. The minimum atomic E-state index is -4.93. The molecule has 1 rings (SSSR count). The lowest BCUT2D eigenvalue weighted by Gasteiger charge is -2.31. The van der Waals surface area contributed by atoms with Crippen molar-refractivity contribution in [2.24, 2.45) is 5.73 Å². The summed E-state index contributed by atoms with van der Waals surface area (Å²) in [6.07, 6.45) is -2.74. The first-order valence-corrected chi connectivity index (χ1v) is 7.98. The molecule has 1 unspecified atom stereocenters. The molecule has 1 aromatic carbocycles. The third kappa shape index (κ3) is 4.62. The van der Waals surface area contributed by atoms with Crippen molar-refractivity contribution in [1.29, 1.82) is 0 Å². The number of rotatable bonds is 7. The van der Waals surface area contributed by atoms with E-state index >= 15 is 0 Å². The van der Waals surface area contributed by atoms with E-state index < -0.39 is 30.3 Å². The molecule has 22 heavy (non-hydrogen) atoms. The van der Waals surface area contributed by atoms with Crippen LogP contribution in [-0.2, 0) is 10.4 Å². The lowest BCUT2D eigenvalue weighted by atomic mass is 9.93. The van der Waals surface area contributed by atoms with Crippen molar-refractivity contribution in [3.63, 3.8) is 0 Å². The van der Waals surface area contributed by atoms with E-state index in [1.807, 2.05) is 6.26 Å². The van der Waals surface area contributed by atoms with Gasteiger partial charge in [0.25, 0.3) is 0 Å². The van der Waals surface area contributed by atoms with Gasteiger partial charge in [-0.3, -0.25) is 4.79 Å². The van der Waals surface area contributed by atoms with Crippen molar-refractivity contribution in [3.8, 4) is 0 Å². The zero-order chi connectivity index (χ0) is 16.8. The van der Waals surface area contributed by atoms with Crippen LogP contribution in [-0.4, -0.2) is 41.8 Å². The number of amides is 1. The fourth-order valence-corrected chi connectivity index (χ4v) is 2.29. The van der Waals surface area contributed by atoms with Crippen molar-refractivity contribution in [3.05, 3.63) is 35.9 Å². The molecule has 0 radical (unpaired) electrons. The van der Waals surface area contributed by atoms with Crippen LogP contribution in [0.4, 0.5) is 13.2 Å². The predicted molar refractivity (Wildman–Crippen MR) is 80.4 cm³/mol. The Morgan fingerprint density at radius 2 is 1.95 bits per heavy atom. The van der Waals surface area contributed by atoms with Gasteiger partial charge >= 0.3 is 6.18 Å². The molecule has 0 aliphatic heterocycles. The predicted octanol–water partition coefficient (Wildman–Crippen LogP) is 1.63. The molecule has 4 N–H and O–H groups in total. The van der Waals surface area contributed by atoms with Gasteiger partial charge in [-0.05, 0) is 24.0 Å². The Kier molecular flexibility index (Phi) is 6.70. The number of halogens is 3. The highest BCUT2D eigenvalue weighted by Crippen LogP contribution is 2.38. The quantitative estimate of drug-likeness (QED) is 0.707. The third-order valence-electron chi connectivity index (χ3n) is 3.21. The van der Waals surface area contributed by atoms with Crippen LogP contribution in [0.25, 0.3) is 0 Å². The maximum atomic E-state index is 13.2.